The summed E-state index contributed by atoms with van der Waals surface area (Å²) in [6.07, 6.45) is 3.64. The number of phenols is 1. The zero-order valence-corrected chi connectivity index (χ0v) is 22.9. The topological polar surface area (TPSA) is 63.8 Å². The van der Waals surface area contributed by atoms with Crippen LogP contribution in [0.4, 0.5) is 0 Å². The van der Waals surface area contributed by atoms with E-state index in [0.717, 1.165) is 35.2 Å². The van der Waals surface area contributed by atoms with Gasteiger partial charge in [0.05, 0.1) is 27.4 Å². The molecule has 2 aliphatic rings. The number of halogens is 1. The summed E-state index contributed by atoms with van der Waals surface area (Å²) in [6, 6.07) is 20.2. The molecule has 0 amide bonds. The summed E-state index contributed by atoms with van der Waals surface area (Å²) in [5.41, 5.74) is 7.60. The molecule has 1 aromatic heterocycles. The van der Waals surface area contributed by atoms with E-state index >= 15 is 0 Å². The first-order valence-corrected chi connectivity index (χ1v) is 13.9. The normalized spacial score (nSPS) is 16.6. The zero-order valence-electron chi connectivity index (χ0n) is 20.5. The van der Waals surface area contributed by atoms with Crippen molar-refractivity contribution in [3.63, 3.8) is 0 Å². The second-order valence-electron chi connectivity index (χ2n) is 9.31. The number of ether oxygens (including phenoxy) is 1. The molecule has 0 saturated heterocycles. The largest absolute Gasteiger partial charge is 0.503 e. The molecule has 1 N–H and O–H groups in total. The van der Waals surface area contributed by atoms with Crippen molar-refractivity contribution in [2.75, 3.05) is 6.61 Å². The van der Waals surface area contributed by atoms with Gasteiger partial charge in [-0.2, -0.15) is 0 Å². The van der Waals surface area contributed by atoms with Crippen LogP contribution in [0.2, 0.25) is 0 Å². The quantitative estimate of drug-likeness (QED) is 0.351. The maximum atomic E-state index is 13.9. The van der Waals surface area contributed by atoms with Crippen LogP contribution in [0.1, 0.15) is 47.2 Å². The Hall–Kier alpha value is -3.42. The minimum absolute atomic E-state index is 0.0474. The maximum absolute atomic E-state index is 13.9. The summed E-state index contributed by atoms with van der Waals surface area (Å²) < 4.78 is 8.54. The third-order valence-corrected chi connectivity index (χ3v) is 8.50. The van der Waals surface area contributed by atoms with Gasteiger partial charge < -0.3 is 9.84 Å². The molecule has 1 aliphatic carbocycles. The number of benzene rings is 3. The van der Waals surface area contributed by atoms with Crippen LogP contribution in [0.25, 0.3) is 11.8 Å². The van der Waals surface area contributed by atoms with Crippen molar-refractivity contribution in [3.8, 4) is 11.5 Å². The molecule has 1 aliphatic heterocycles. The van der Waals surface area contributed by atoms with E-state index in [-0.39, 0.29) is 17.4 Å². The molecule has 0 fully saturated rings. The summed E-state index contributed by atoms with van der Waals surface area (Å²) >= 11 is 4.80. The number of fused-ring (bicyclic) bond motifs is 3. The number of aromatic nitrogens is 1. The smallest absolute Gasteiger partial charge is 0.271 e. The Kier molecular flexibility index (Phi) is 6.13. The fourth-order valence-electron chi connectivity index (χ4n) is 5.17. The Balaban J connectivity index is 1.59. The second-order valence-corrected chi connectivity index (χ2v) is 11.2. The van der Waals surface area contributed by atoms with Crippen LogP contribution in [-0.2, 0) is 6.42 Å². The highest BCUT2D eigenvalue weighted by Gasteiger charge is 2.32. The number of rotatable bonds is 4. The number of nitrogens with zero attached hydrogens (tertiary/aromatic N) is 2. The average molecular weight is 574 g/mol. The second kappa shape index (κ2) is 9.47. The summed E-state index contributed by atoms with van der Waals surface area (Å²) in [6.45, 7) is 4.36. The number of phenolic OH excluding ortho intramolecular Hbond substituents is 1. The van der Waals surface area contributed by atoms with Gasteiger partial charge in [-0.05, 0) is 83.1 Å². The minimum Gasteiger partial charge on any atom is -0.503 e. The number of hydrogen-bond acceptors (Lipinski definition) is 5. The van der Waals surface area contributed by atoms with Crippen LogP contribution in [0, 0.1) is 6.92 Å². The molecule has 1 atom stereocenters. The van der Waals surface area contributed by atoms with Gasteiger partial charge >= 0.3 is 0 Å². The van der Waals surface area contributed by atoms with Gasteiger partial charge in [0.1, 0.15) is 0 Å². The number of aromatic hydroxyl groups is 1. The first-order valence-electron chi connectivity index (χ1n) is 12.3. The first-order chi connectivity index (χ1) is 17.9. The van der Waals surface area contributed by atoms with Crippen molar-refractivity contribution < 1.29 is 9.84 Å². The van der Waals surface area contributed by atoms with Crippen LogP contribution >= 0.6 is 27.3 Å². The lowest BCUT2D eigenvalue weighted by molar-refractivity contribution is 0.317. The van der Waals surface area contributed by atoms with Crippen LogP contribution < -0.4 is 19.6 Å². The lowest BCUT2D eigenvalue weighted by atomic mass is 9.83. The van der Waals surface area contributed by atoms with Crippen molar-refractivity contribution in [3.05, 3.63) is 118 Å². The lowest BCUT2D eigenvalue weighted by Gasteiger charge is -2.30. The highest BCUT2D eigenvalue weighted by atomic mass is 79.9. The molecule has 3 aromatic carbocycles. The zero-order chi connectivity index (χ0) is 25.7. The van der Waals surface area contributed by atoms with Crippen molar-refractivity contribution in [1.29, 1.82) is 0 Å². The van der Waals surface area contributed by atoms with Gasteiger partial charge in [0.2, 0.25) is 0 Å². The van der Waals surface area contributed by atoms with Crippen molar-refractivity contribution >= 4 is 39.0 Å². The summed E-state index contributed by atoms with van der Waals surface area (Å²) in [4.78, 5) is 19.7. The third kappa shape index (κ3) is 4.16. The third-order valence-electron chi connectivity index (χ3n) is 6.91. The van der Waals surface area contributed by atoms with Crippen molar-refractivity contribution in [2.24, 2.45) is 4.99 Å². The van der Waals surface area contributed by atoms with E-state index in [9.17, 15) is 9.90 Å². The molecular formula is C30H25BrN2O3S. The highest BCUT2D eigenvalue weighted by molar-refractivity contribution is 9.10. The Morgan fingerprint density at radius 3 is 2.73 bits per heavy atom. The molecule has 1 unspecified atom stereocenters. The van der Waals surface area contributed by atoms with E-state index in [4.69, 9.17) is 9.73 Å². The van der Waals surface area contributed by atoms with Crippen LogP contribution in [-0.4, -0.2) is 16.3 Å². The molecule has 5 nitrogen and oxygen atoms in total. The molecule has 0 spiro atoms. The molecule has 6 rings (SSSR count). The van der Waals surface area contributed by atoms with E-state index < -0.39 is 0 Å². The molecule has 0 bridgehead atoms. The van der Waals surface area contributed by atoms with Crippen LogP contribution in [0.5, 0.6) is 11.5 Å². The predicted octanol–water partition coefficient (Wildman–Crippen LogP) is 5.49. The molecule has 37 heavy (non-hydrogen) atoms. The maximum Gasteiger partial charge on any atom is 0.271 e. The monoisotopic (exact) mass is 572 g/mol. The Morgan fingerprint density at radius 1 is 1.16 bits per heavy atom. The Bertz CT molecular complexity index is 1750. The molecule has 7 heteroatoms. The van der Waals surface area contributed by atoms with Gasteiger partial charge in [-0.1, -0.05) is 65.4 Å². The lowest BCUT2D eigenvalue weighted by Crippen LogP contribution is -2.38. The fourth-order valence-corrected chi connectivity index (χ4v) is 6.63. The highest BCUT2D eigenvalue weighted by Crippen LogP contribution is 2.41. The van der Waals surface area contributed by atoms with Gasteiger partial charge in [0.15, 0.2) is 16.3 Å². The van der Waals surface area contributed by atoms with E-state index in [1.807, 2.05) is 17.6 Å². The standard InChI is InChI=1S/C30H25BrN2O3S/c1-3-36-24-15-18(14-23(31)28(24)34)16-25-29(35)33-27(20-10-8-17(2)9-11-20)22-13-12-19-6-4-5-7-21(19)26(22)32-30(33)37-25/h4-11,14-16,27,34H,3,12-13H2,1-2H3. The van der Waals surface area contributed by atoms with E-state index in [1.165, 1.54) is 28.0 Å². The van der Waals surface area contributed by atoms with E-state index in [0.29, 0.717) is 26.2 Å². The Labute approximate surface area is 226 Å². The predicted molar refractivity (Wildman–Crippen MR) is 151 cm³/mol. The average Bonchev–Trinajstić information content (AvgIpc) is 3.20. The van der Waals surface area contributed by atoms with Crippen LogP contribution in [0.15, 0.2) is 80.5 Å². The number of allylic oxidation sites excluding steroid dienone is 1. The Morgan fingerprint density at radius 2 is 1.95 bits per heavy atom. The van der Waals surface area contributed by atoms with E-state index in [2.05, 4.69) is 71.4 Å². The van der Waals surface area contributed by atoms with Crippen molar-refractivity contribution in [1.82, 2.24) is 4.57 Å². The summed E-state index contributed by atoms with van der Waals surface area (Å²) in [5.74, 6) is 0.423. The van der Waals surface area contributed by atoms with E-state index in [1.54, 1.807) is 12.1 Å². The van der Waals surface area contributed by atoms with Gasteiger partial charge in [-0.15, -0.1) is 0 Å². The summed E-state index contributed by atoms with van der Waals surface area (Å²) in [5, 5.41) is 10.3. The fraction of sp³-hybridized carbons (Fsp3) is 0.200. The van der Waals surface area contributed by atoms with Crippen LogP contribution in [0.3, 0.4) is 0 Å². The van der Waals surface area contributed by atoms with Gasteiger partial charge in [-0.3, -0.25) is 9.36 Å². The SMILES string of the molecule is CCOc1cc(C=c2sc3n(c2=O)C(c2ccc(C)cc2)C2=C(N=3)c3ccccc3CC2)cc(Br)c1O. The van der Waals surface area contributed by atoms with Gasteiger partial charge in [0, 0.05) is 5.56 Å². The summed E-state index contributed by atoms with van der Waals surface area (Å²) in [7, 11) is 0. The molecule has 4 aromatic rings. The van der Waals surface area contributed by atoms with Gasteiger partial charge in [0.25, 0.3) is 5.56 Å². The number of hydrogen-bond donors (Lipinski definition) is 1. The van der Waals surface area contributed by atoms with Gasteiger partial charge in [-0.25, -0.2) is 4.99 Å². The molecular weight excluding hydrogens is 548 g/mol. The number of aryl methyl sites for hydroxylation is 2. The first kappa shape index (κ1) is 23.9. The molecule has 0 radical (unpaired) electrons. The molecule has 0 saturated carbocycles. The molecule has 186 valence electrons. The molecule has 2 heterocycles. The number of thiazole rings is 1. The van der Waals surface area contributed by atoms with Crippen molar-refractivity contribution in [2.45, 2.75) is 32.7 Å². The minimum atomic E-state index is -0.201.